The number of rotatable bonds is 8. The van der Waals surface area contributed by atoms with Crippen LogP contribution in [0.25, 0.3) is 0 Å². The lowest BCUT2D eigenvalue weighted by molar-refractivity contribution is 0.00851. The maximum absolute atomic E-state index is 12.7. The molecular weight excluding hydrogens is 440 g/mol. The lowest BCUT2D eigenvalue weighted by Gasteiger charge is -2.44. The van der Waals surface area contributed by atoms with Crippen molar-refractivity contribution < 1.29 is 13.7 Å². The van der Waals surface area contributed by atoms with Gasteiger partial charge in [-0.2, -0.15) is 0 Å². The van der Waals surface area contributed by atoms with Crippen molar-refractivity contribution in [2.24, 2.45) is 16.7 Å². The Balaban J connectivity index is 1.39. The Bertz CT molecular complexity index is 921. The van der Waals surface area contributed by atoms with Crippen molar-refractivity contribution in [2.75, 3.05) is 19.5 Å². The van der Waals surface area contributed by atoms with Gasteiger partial charge in [0.2, 0.25) is 0 Å². The van der Waals surface area contributed by atoms with Gasteiger partial charge in [-0.25, -0.2) is 0 Å². The van der Waals surface area contributed by atoms with Crippen molar-refractivity contribution >= 4 is 10.8 Å². The predicted molar refractivity (Wildman–Crippen MR) is 141 cm³/mol. The highest BCUT2D eigenvalue weighted by Crippen LogP contribution is 2.80. The van der Waals surface area contributed by atoms with E-state index in [1.165, 1.54) is 64.2 Å². The molecule has 0 radical (unpaired) electrons. The highest BCUT2D eigenvalue weighted by atomic mass is 32.2. The zero-order valence-corrected chi connectivity index (χ0v) is 23.0. The van der Waals surface area contributed by atoms with E-state index in [0.29, 0.717) is 16.9 Å². The van der Waals surface area contributed by atoms with Gasteiger partial charge in [0.1, 0.15) is 5.75 Å². The Morgan fingerprint density at radius 2 is 1.85 bits per heavy atom. The van der Waals surface area contributed by atoms with Gasteiger partial charge in [0.25, 0.3) is 0 Å². The first-order valence-corrected chi connectivity index (χ1v) is 15.1. The quantitative estimate of drug-likeness (QED) is 0.398. The molecule has 5 rings (SSSR count). The van der Waals surface area contributed by atoms with Crippen LogP contribution in [-0.4, -0.2) is 34.5 Å². The Labute approximate surface area is 210 Å². The van der Waals surface area contributed by atoms with Gasteiger partial charge in [0.15, 0.2) is 0 Å². The Kier molecular flexibility index (Phi) is 6.50. The number of hydrogen-bond acceptors (Lipinski definition) is 3. The smallest absolute Gasteiger partial charge is 0.119 e. The molecule has 3 unspecified atom stereocenters. The third kappa shape index (κ3) is 4.09. The van der Waals surface area contributed by atoms with Gasteiger partial charge in [-0.05, 0) is 125 Å². The predicted octanol–water partition coefficient (Wildman–Crippen LogP) is 6.97. The van der Waals surface area contributed by atoms with Crippen LogP contribution in [0.1, 0.15) is 103 Å². The first-order valence-electron chi connectivity index (χ1n) is 13.8. The first kappa shape index (κ1) is 24.8. The average Bonchev–Trinajstić information content (AvgIpc) is 3.31. The minimum absolute atomic E-state index is 0.117. The van der Waals surface area contributed by atoms with Gasteiger partial charge in [-0.1, -0.05) is 19.4 Å². The summed E-state index contributed by atoms with van der Waals surface area (Å²) in [6.45, 7) is 9.72. The number of hydrogen-bond donors (Lipinski definition) is 0. The molecule has 0 saturated heterocycles. The monoisotopic (exact) mass is 486 g/mol. The topological polar surface area (TPSA) is 35.5 Å². The van der Waals surface area contributed by atoms with Crippen LogP contribution in [0, 0.1) is 16.7 Å². The minimum atomic E-state index is -0.765. The van der Waals surface area contributed by atoms with Crippen LogP contribution in [0.3, 0.4) is 0 Å². The van der Waals surface area contributed by atoms with Gasteiger partial charge in [0, 0.05) is 33.8 Å². The summed E-state index contributed by atoms with van der Waals surface area (Å²) in [5.74, 6) is 2.66. The minimum Gasteiger partial charge on any atom is -0.493 e. The van der Waals surface area contributed by atoms with E-state index < -0.39 is 10.8 Å². The summed E-state index contributed by atoms with van der Waals surface area (Å²) in [4.78, 5) is 0. The molecule has 1 aromatic rings. The van der Waals surface area contributed by atoms with E-state index in [1.807, 2.05) is 7.11 Å². The summed E-state index contributed by atoms with van der Waals surface area (Å²) < 4.78 is 24.7. The van der Waals surface area contributed by atoms with Crippen LogP contribution in [0.15, 0.2) is 18.2 Å². The lowest BCUT2D eigenvalue weighted by atomic mass is 9.60. The highest BCUT2D eigenvalue weighted by molar-refractivity contribution is 7.86. The molecule has 0 N–H and O–H groups in total. The van der Waals surface area contributed by atoms with Crippen LogP contribution >= 0.6 is 0 Å². The second-order valence-corrected chi connectivity index (χ2v) is 15.6. The van der Waals surface area contributed by atoms with E-state index in [4.69, 9.17) is 9.47 Å². The fourth-order valence-corrected chi connectivity index (χ4v) is 8.86. The zero-order chi connectivity index (χ0) is 24.2. The van der Waals surface area contributed by atoms with E-state index in [2.05, 4.69) is 45.9 Å². The second kappa shape index (κ2) is 8.91. The van der Waals surface area contributed by atoms with E-state index in [9.17, 15) is 4.21 Å². The SMILES string of the molecule is COC1CCC2(CC1)Cc1ccc(OCC3CCC3)cc1C21CC1(C)CCCS(=O)C(C)(C)C. The third-order valence-corrected chi connectivity index (χ3v) is 12.2. The average molecular weight is 487 g/mol. The maximum Gasteiger partial charge on any atom is 0.119 e. The first-order chi connectivity index (χ1) is 16.1. The number of ether oxygens (including phenoxy) is 2. The van der Waals surface area contributed by atoms with Gasteiger partial charge in [-0.3, -0.25) is 4.21 Å². The molecule has 4 heteroatoms. The molecule has 0 aromatic heterocycles. The summed E-state index contributed by atoms with van der Waals surface area (Å²) in [5.41, 5.74) is 4.07. The standard InChI is InChI=1S/C30H46O3S/c1-27(2,3)34(31)17-7-14-28(4)21-30(28)26-18-25(33-20-22-8-6-9-22)11-10-23(26)19-29(30)15-12-24(32-5)13-16-29/h10-11,18,22,24H,6-9,12-17,19-21H2,1-5H3. The molecule has 3 nitrogen and oxygen atoms in total. The molecule has 0 bridgehead atoms. The molecule has 4 aliphatic carbocycles. The Morgan fingerprint density at radius 1 is 1.12 bits per heavy atom. The van der Waals surface area contributed by atoms with Crippen LogP contribution in [0.5, 0.6) is 5.75 Å². The fourth-order valence-electron chi connectivity index (χ4n) is 7.85. The molecule has 0 heterocycles. The molecule has 4 aliphatic rings. The normalized spacial score (nSPS) is 35.9. The summed E-state index contributed by atoms with van der Waals surface area (Å²) in [6, 6.07) is 7.05. The number of benzene rings is 1. The molecule has 3 fully saturated rings. The molecule has 0 amide bonds. The Hall–Kier alpha value is -0.870. The molecule has 3 saturated carbocycles. The van der Waals surface area contributed by atoms with E-state index in [-0.39, 0.29) is 10.2 Å². The zero-order valence-electron chi connectivity index (χ0n) is 22.2. The summed E-state index contributed by atoms with van der Waals surface area (Å²) in [6.07, 6.45) is 14.1. The lowest BCUT2D eigenvalue weighted by Crippen LogP contribution is -2.41. The molecule has 1 aromatic carbocycles. The summed E-state index contributed by atoms with van der Waals surface area (Å²) in [5, 5.41) is 0. The molecule has 34 heavy (non-hydrogen) atoms. The van der Waals surface area contributed by atoms with Crippen molar-refractivity contribution in [2.45, 2.75) is 115 Å². The van der Waals surface area contributed by atoms with Crippen molar-refractivity contribution in [3.05, 3.63) is 29.3 Å². The van der Waals surface area contributed by atoms with Gasteiger partial charge < -0.3 is 9.47 Å². The van der Waals surface area contributed by atoms with Crippen molar-refractivity contribution in [1.82, 2.24) is 0 Å². The van der Waals surface area contributed by atoms with Crippen LogP contribution in [0.4, 0.5) is 0 Å². The van der Waals surface area contributed by atoms with Gasteiger partial charge in [0.05, 0.1) is 12.7 Å². The van der Waals surface area contributed by atoms with Crippen LogP contribution < -0.4 is 4.74 Å². The molecule has 2 spiro atoms. The van der Waals surface area contributed by atoms with Crippen molar-refractivity contribution in [1.29, 1.82) is 0 Å². The van der Waals surface area contributed by atoms with Gasteiger partial charge >= 0.3 is 0 Å². The highest BCUT2D eigenvalue weighted by Gasteiger charge is 2.75. The summed E-state index contributed by atoms with van der Waals surface area (Å²) >= 11 is 0. The fraction of sp³-hybridized carbons (Fsp3) is 0.800. The van der Waals surface area contributed by atoms with Crippen LogP contribution in [0.2, 0.25) is 0 Å². The van der Waals surface area contributed by atoms with Gasteiger partial charge in [-0.15, -0.1) is 0 Å². The molecule has 3 atom stereocenters. The van der Waals surface area contributed by atoms with E-state index in [0.717, 1.165) is 30.4 Å². The Morgan fingerprint density at radius 3 is 2.47 bits per heavy atom. The molecular formula is C30H46O3S. The second-order valence-electron chi connectivity index (χ2n) is 13.2. The maximum atomic E-state index is 12.7. The van der Waals surface area contributed by atoms with E-state index in [1.54, 1.807) is 11.1 Å². The van der Waals surface area contributed by atoms with E-state index >= 15 is 0 Å². The molecule has 0 aliphatic heterocycles. The number of methoxy groups -OCH3 is 1. The van der Waals surface area contributed by atoms with Crippen molar-refractivity contribution in [3.8, 4) is 5.75 Å². The largest absolute Gasteiger partial charge is 0.493 e. The van der Waals surface area contributed by atoms with Crippen molar-refractivity contribution in [3.63, 3.8) is 0 Å². The molecule has 190 valence electrons. The summed E-state index contributed by atoms with van der Waals surface area (Å²) in [7, 11) is 1.11. The number of fused-ring (bicyclic) bond motifs is 3. The van der Waals surface area contributed by atoms with Crippen LogP contribution in [-0.2, 0) is 27.4 Å². The third-order valence-electron chi connectivity index (χ3n) is 10.2.